The van der Waals surface area contributed by atoms with Crippen LogP contribution in [0.1, 0.15) is 25.0 Å². The van der Waals surface area contributed by atoms with E-state index in [2.05, 4.69) is 15.9 Å². The van der Waals surface area contributed by atoms with Crippen LogP contribution in [-0.2, 0) is 6.61 Å². The molecule has 1 aromatic carbocycles. The van der Waals surface area contributed by atoms with Gasteiger partial charge < -0.3 is 5.11 Å². The second-order valence-electron chi connectivity index (χ2n) is 2.37. The Balaban J connectivity index is 0.000000671. The zero-order valence-electron chi connectivity index (χ0n) is 8.06. The van der Waals surface area contributed by atoms with Gasteiger partial charge in [0, 0.05) is 0 Å². The van der Waals surface area contributed by atoms with E-state index in [1.807, 2.05) is 13.8 Å². The highest BCUT2D eigenvalue weighted by Gasteiger charge is 2.03. The zero-order valence-corrected chi connectivity index (χ0v) is 9.65. The molecule has 3 heteroatoms. The van der Waals surface area contributed by atoms with E-state index in [-0.39, 0.29) is 12.4 Å². The highest BCUT2D eigenvalue weighted by Crippen LogP contribution is 2.20. The molecule has 74 valence electrons. The average Bonchev–Trinajstić information content (AvgIpc) is 2.16. The summed E-state index contributed by atoms with van der Waals surface area (Å²) in [6.07, 6.45) is 0. The Labute approximate surface area is 86.7 Å². The molecule has 1 aromatic rings. The van der Waals surface area contributed by atoms with Gasteiger partial charge in [-0.15, -0.1) is 0 Å². The van der Waals surface area contributed by atoms with E-state index >= 15 is 0 Å². The van der Waals surface area contributed by atoms with Crippen molar-refractivity contribution in [2.75, 3.05) is 0 Å². The van der Waals surface area contributed by atoms with Gasteiger partial charge in [0.15, 0.2) is 0 Å². The summed E-state index contributed by atoms with van der Waals surface area (Å²) in [5.41, 5.74) is 1.26. The second-order valence-corrected chi connectivity index (χ2v) is 3.22. The SMILES string of the molecule is CC.Cc1cc(CO)cc(Br)c1F. The summed E-state index contributed by atoms with van der Waals surface area (Å²) < 4.78 is 13.3. The number of hydrogen-bond acceptors (Lipinski definition) is 1. The van der Waals surface area contributed by atoms with Crippen molar-refractivity contribution in [2.24, 2.45) is 0 Å². The molecular formula is C10H14BrFO. The van der Waals surface area contributed by atoms with Crippen LogP contribution in [0.2, 0.25) is 0 Å². The smallest absolute Gasteiger partial charge is 0.140 e. The molecule has 0 amide bonds. The van der Waals surface area contributed by atoms with Gasteiger partial charge in [0.1, 0.15) is 5.82 Å². The predicted octanol–water partition coefficient (Wildman–Crippen LogP) is 3.42. The minimum atomic E-state index is -0.262. The van der Waals surface area contributed by atoms with Crippen LogP contribution in [0, 0.1) is 12.7 Å². The van der Waals surface area contributed by atoms with Crippen LogP contribution < -0.4 is 0 Å². The summed E-state index contributed by atoms with van der Waals surface area (Å²) >= 11 is 3.05. The molecule has 0 saturated heterocycles. The van der Waals surface area contributed by atoms with Crippen LogP contribution in [-0.4, -0.2) is 5.11 Å². The van der Waals surface area contributed by atoms with E-state index in [1.54, 1.807) is 19.1 Å². The molecule has 0 aromatic heterocycles. The van der Waals surface area contributed by atoms with Gasteiger partial charge in [-0.1, -0.05) is 19.9 Å². The van der Waals surface area contributed by atoms with Crippen LogP contribution in [0.15, 0.2) is 16.6 Å². The minimum Gasteiger partial charge on any atom is -0.392 e. The number of aryl methyl sites for hydroxylation is 1. The van der Waals surface area contributed by atoms with Crippen molar-refractivity contribution in [3.63, 3.8) is 0 Å². The summed E-state index contributed by atoms with van der Waals surface area (Å²) in [6, 6.07) is 3.20. The van der Waals surface area contributed by atoms with Crippen molar-refractivity contribution in [3.8, 4) is 0 Å². The van der Waals surface area contributed by atoms with Crippen LogP contribution in [0.25, 0.3) is 0 Å². The summed E-state index contributed by atoms with van der Waals surface area (Å²) in [6.45, 7) is 5.61. The molecule has 0 unspecified atom stereocenters. The molecule has 0 radical (unpaired) electrons. The van der Waals surface area contributed by atoms with Crippen LogP contribution >= 0.6 is 15.9 Å². The molecule has 1 rings (SSSR count). The maximum absolute atomic E-state index is 12.9. The molecule has 1 N–H and O–H groups in total. The van der Waals surface area contributed by atoms with Crippen LogP contribution in [0.3, 0.4) is 0 Å². The first kappa shape index (κ1) is 12.6. The first-order valence-electron chi connectivity index (χ1n) is 4.20. The lowest BCUT2D eigenvalue weighted by Gasteiger charge is -2.01. The molecule has 0 aliphatic heterocycles. The molecule has 0 bridgehead atoms. The zero-order chi connectivity index (χ0) is 10.4. The van der Waals surface area contributed by atoms with Gasteiger partial charge in [-0.2, -0.15) is 0 Å². The standard InChI is InChI=1S/C8H8BrFO.C2H6/c1-5-2-6(4-11)3-7(9)8(5)10;1-2/h2-3,11H,4H2,1H3;1-2H3. The first-order valence-corrected chi connectivity index (χ1v) is 5.00. The van der Waals surface area contributed by atoms with Crippen LogP contribution in [0.4, 0.5) is 4.39 Å². The molecule has 0 fully saturated rings. The lowest BCUT2D eigenvalue weighted by molar-refractivity contribution is 0.281. The Morgan fingerprint density at radius 1 is 1.38 bits per heavy atom. The Bertz CT molecular complexity index is 251. The number of benzene rings is 1. The molecule has 1 nitrogen and oxygen atoms in total. The Hall–Kier alpha value is -0.410. The van der Waals surface area contributed by atoms with E-state index in [4.69, 9.17) is 5.11 Å². The lowest BCUT2D eigenvalue weighted by Crippen LogP contribution is -1.89. The van der Waals surface area contributed by atoms with E-state index in [0.717, 1.165) is 5.56 Å². The maximum Gasteiger partial charge on any atom is 0.140 e. The second kappa shape index (κ2) is 6.11. The summed E-state index contributed by atoms with van der Waals surface area (Å²) in [5, 5.41) is 8.73. The van der Waals surface area contributed by atoms with Crippen molar-refractivity contribution in [1.82, 2.24) is 0 Å². The van der Waals surface area contributed by atoms with E-state index in [0.29, 0.717) is 10.0 Å². The van der Waals surface area contributed by atoms with E-state index in [9.17, 15) is 4.39 Å². The van der Waals surface area contributed by atoms with Gasteiger partial charge in [-0.3, -0.25) is 0 Å². The number of aliphatic hydroxyl groups is 1. The third kappa shape index (κ3) is 3.44. The Morgan fingerprint density at radius 3 is 2.31 bits per heavy atom. The van der Waals surface area contributed by atoms with Crippen molar-refractivity contribution in [2.45, 2.75) is 27.4 Å². The lowest BCUT2D eigenvalue weighted by atomic mass is 10.1. The molecule has 0 saturated carbocycles. The Morgan fingerprint density at radius 2 is 1.92 bits per heavy atom. The van der Waals surface area contributed by atoms with Crippen molar-refractivity contribution in [1.29, 1.82) is 0 Å². The fraction of sp³-hybridized carbons (Fsp3) is 0.400. The molecule has 0 spiro atoms. The highest BCUT2D eigenvalue weighted by molar-refractivity contribution is 9.10. The van der Waals surface area contributed by atoms with Crippen molar-refractivity contribution < 1.29 is 9.50 Å². The number of halogens is 2. The summed E-state index contributed by atoms with van der Waals surface area (Å²) in [5.74, 6) is -0.262. The summed E-state index contributed by atoms with van der Waals surface area (Å²) in [4.78, 5) is 0. The molecule has 0 atom stereocenters. The minimum absolute atomic E-state index is 0.0558. The number of aliphatic hydroxyl groups excluding tert-OH is 1. The number of rotatable bonds is 1. The maximum atomic E-state index is 12.9. The molecule has 0 aliphatic carbocycles. The molecule has 13 heavy (non-hydrogen) atoms. The van der Waals surface area contributed by atoms with Gasteiger partial charge in [0.2, 0.25) is 0 Å². The first-order chi connectivity index (χ1) is 6.15. The molecule has 0 aliphatic rings. The van der Waals surface area contributed by atoms with Gasteiger partial charge in [-0.25, -0.2) is 4.39 Å². The van der Waals surface area contributed by atoms with Gasteiger partial charge in [0.05, 0.1) is 11.1 Å². The van der Waals surface area contributed by atoms with Crippen molar-refractivity contribution in [3.05, 3.63) is 33.5 Å². The quantitative estimate of drug-likeness (QED) is 0.808. The topological polar surface area (TPSA) is 20.2 Å². The van der Waals surface area contributed by atoms with E-state index < -0.39 is 0 Å². The normalized spacial score (nSPS) is 9.08. The van der Waals surface area contributed by atoms with Gasteiger partial charge >= 0.3 is 0 Å². The third-order valence-corrected chi connectivity index (χ3v) is 2.03. The van der Waals surface area contributed by atoms with Crippen LogP contribution in [0.5, 0.6) is 0 Å². The van der Waals surface area contributed by atoms with Gasteiger partial charge in [-0.05, 0) is 40.0 Å². The van der Waals surface area contributed by atoms with Gasteiger partial charge in [0.25, 0.3) is 0 Å². The fourth-order valence-electron chi connectivity index (χ4n) is 0.889. The highest BCUT2D eigenvalue weighted by atomic mass is 79.9. The third-order valence-electron chi connectivity index (χ3n) is 1.45. The Kier molecular flexibility index (Phi) is 5.91. The molecule has 0 heterocycles. The fourth-order valence-corrected chi connectivity index (χ4v) is 1.50. The monoisotopic (exact) mass is 248 g/mol. The largest absolute Gasteiger partial charge is 0.392 e. The summed E-state index contributed by atoms with van der Waals surface area (Å²) in [7, 11) is 0. The predicted molar refractivity (Wildman–Crippen MR) is 56.1 cm³/mol. The number of hydrogen-bond donors (Lipinski definition) is 1. The molecular weight excluding hydrogens is 235 g/mol. The average molecular weight is 249 g/mol. The van der Waals surface area contributed by atoms with E-state index in [1.165, 1.54) is 0 Å². The van der Waals surface area contributed by atoms with Crippen molar-refractivity contribution >= 4 is 15.9 Å².